The third-order valence-electron chi connectivity index (χ3n) is 4.35. The van der Waals surface area contributed by atoms with Crippen molar-refractivity contribution in [2.75, 3.05) is 13.2 Å². The highest BCUT2D eigenvalue weighted by atomic mass is 16.8. The van der Waals surface area contributed by atoms with Crippen molar-refractivity contribution in [3.63, 3.8) is 0 Å². The van der Waals surface area contributed by atoms with Crippen LogP contribution in [0.25, 0.3) is 0 Å². The quantitative estimate of drug-likeness (QED) is 0.809. The topological polar surface area (TPSA) is 86.2 Å². The summed E-state index contributed by atoms with van der Waals surface area (Å²) in [6.07, 6.45) is -0.766. The van der Waals surface area contributed by atoms with Gasteiger partial charge in [-0.05, 0) is 25.8 Å². The highest BCUT2D eigenvalue weighted by Gasteiger charge is 2.55. The molecule has 0 bridgehead atoms. The molecular weight excluding hydrogens is 326 g/mol. The Hall–Kier alpha value is -1.67. The van der Waals surface area contributed by atoms with E-state index in [2.05, 4.69) is 5.32 Å². The number of rotatable bonds is 6. The van der Waals surface area contributed by atoms with E-state index in [9.17, 15) is 4.79 Å². The van der Waals surface area contributed by atoms with Gasteiger partial charge in [0.2, 0.25) is 0 Å². The second kappa shape index (κ2) is 7.70. The first-order valence-electron chi connectivity index (χ1n) is 8.54. The summed E-state index contributed by atoms with van der Waals surface area (Å²) in [5.41, 5.74) is 0.924. The van der Waals surface area contributed by atoms with Crippen molar-refractivity contribution < 1.29 is 28.8 Å². The predicted octanol–water partition coefficient (Wildman–Crippen LogP) is 1.58. The second-order valence-electron chi connectivity index (χ2n) is 6.75. The number of aliphatic hydroxyl groups is 1. The Kier molecular flexibility index (Phi) is 5.58. The van der Waals surface area contributed by atoms with E-state index in [0.29, 0.717) is 6.42 Å². The largest absolute Gasteiger partial charge is 0.445 e. The Morgan fingerprint density at radius 2 is 2.00 bits per heavy atom. The third-order valence-corrected chi connectivity index (χ3v) is 4.35. The van der Waals surface area contributed by atoms with E-state index in [1.807, 2.05) is 44.2 Å². The number of alkyl carbamates (subject to hydrolysis) is 1. The molecule has 1 unspecified atom stereocenters. The van der Waals surface area contributed by atoms with E-state index >= 15 is 0 Å². The van der Waals surface area contributed by atoms with Crippen molar-refractivity contribution >= 4 is 6.09 Å². The summed E-state index contributed by atoms with van der Waals surface area (Å²) in [4.78, 5) is 12.1. The molecule has 1 amide bonds. The summed E-state index contributed by atoms with van der Waals surface area (Å²) in [5, 5.41) is 11.8. The molecule has 7 heteroatoms. The minimum atomic E-state index is -0.732. The van der Waals surface area contributed by atoms with Gasteiger partial charge in [0.25, 0.3) is 0 Å². The van der Waals surface area contributed by atoms with Crippen LogP contribution in [0.1, 0.15) is 25.8 Å². The van der Waals surface area contributed by atoms with E-state index in [0.717, 1.165) is 5.56 Å². The molecule has 0 spiro atoms. The molecule has 1 saturated heterocycles. The average molecular weight is 351 g/mol. The van der Waals surface area contributed by atoms with Gasteiger partial charge in [0, 0.05) is 0 Å². The first-order valence-corrected chi connectivity index (χ1v) is 8.54. The van der Waals surface area contributed by atoms with E-state index in [-0.39, 0.29) is 44.2 Å². The fourth-order valence-corrected chi connectivity index (χ4v) is 3.36. The summed E-state index contributed by atoms with van der Waals surface area (Å²) in [7, 11) is 0. The summed E-state index contributed by atoms with van der Waals surface area (Å²) >= 11 is 0. The lowest BCUT2D eigenvalue weighted by molar-refractivity contribution is -0.169. The van der Waals surface area contributed by atoms with Crippen molar-refractivity contribution in [2.24, 2.45) is 0 Å². The Bertz CT molecular complexity index is 578. The Balaban J connectivity index is 1.56. The normalized spacial score (nSPS) is 30.0. The molecule has 7 nitrogen and oxygen atoms in total. The average Bonchev–Trinajstić information content (AvgIpc) is 3.06. The van der Waals surface area contributed by atoms with Gasteiger partial charge in [-0.15, -0.1) is 0 Å². The minimum Gasteiger partial charge on any atom is -0.445 e. The second-order valence-corrected chi connectivity index (χ2v) is 6.75. The van der Waals surface area contributed by atoms with Gasteiger partial charge >= 0.3 is 6.09 Å². The lowest BCUT2D eigenvalue weighted by Gasteiger charge is -2.23. The van der Waals surface area contributed by atoms with E-state index in [4.69, 9.17) is 24.1 Å². The van der Waals surface area contributed by atoms with Gasteiger partial charge in [-0.2, -0.15) is 0 Å². The molecule has 0 radical (unpaired) electrons. The molecule has 1 heterocycles. The molecular formula is C18H25NO6. The molecule has 0 aromatic heterocycles. The van der Waals surface area contributed by atoms with Gasteiger partial charge in [0.1, 0.15) is 18.8 Å². The molecule has 2 fully saturated rings. The standard InChI is InChI=1S/C18H25NO6/c1-18(2)24-15-13(10-14(16(15)25-18)22-9-8-20)19-17(21)23-11-12-6-4-3-5-7-12/h3-7,13-16,20H,8-11H2,1-2H3,(H,19,21)/t13?,14-,15-,16+/m0/s1. The van der Waals surface area contributed by atoms with Gasteiger partial charge in [0.05, 0.1) is 25.4 Å². The van der Waals surface area contributed by atoms with Crippen molar-refractivity contribution in [1.29, 1.82) is 0 Å². The SMILES string of the molecule is CC1(C)O[C@@H]2[C@@H](OCCO)CC(NC(=O)OCc3ccccc3)[C@@H]2O1. The van der Waals surface area contributed by atoms with Crippen LogP contribution < -0.4 is 5.32 Å². The molecule has 138 valence electrons. The minimum absolute atomic E-state index is 0.0602. The van der Waals surface area contributed by atoms with Crippen molar-refractivity contribution in [3.8, 4) is 0 Å². The van der Waals surface area contributed by atoms with Crippen LogP contribution in [-0.4, -0.2) is 54.6 Å². The van der Waals surface area contributed by atoms with Crippen LogP contribution in [0.15, 0.2) is 30.3 Å². The highest BCUT2D eigenvalue weighted by molar-refractivity contribution is 5.67. The third kappa shape index (κ3) is 4.49. The molecule has 2 N–H and O–H groups in total. The fraction of sp³-hybridized carbons (Fsp3) is 0.611. The number of hydrogen-bond donors (Lipinski definition) is 2. The number of aliphatic hydroxyl groups excluding tert-OH is 1. The number of nitrogens with one attached hydrogen (secondary N) is 1. The Morgan fingerprint density at radius 3 is 2.72 bits per heavy atom. The first kappa shape index (κ1) is 18.1. The first-order chi connectivity index (χ1) is 12.0. The summed E-state index contributed by atoms with van der Waals surface area (Å²) in [6, 6.07) is 9.23. The lowest BCUT2D eigenvalue weighted by Crippen LogP contribution is -2.43. The molecule has 2 aliphatic rings. The Morgan fingerprint density at radius 1 is 1.28 bits per heavy atom. The molecule has 1 aliphatic carbocycles. The monoisotopic (exact) mass is 351 g/mol. The number of hydrogen-bond acceptors (Lipinski definition) is 6. The van der Waals surface area contributed by atoms with Crippen LogP contribution >= 0.6 is 0 Å². The van der Waals surface area contributed by atoms with Gasteiger partial charge < -0.3 is 29.4 Å². The van der Waals surface area contributed by atoms with E-state index in [1.165, 1.54) is 0 Å². The zero-order valence-electron chi connectivity index (χ0n) is 14.5. The molecule has 25 heavy (non-hydrogen) atoms. The van der Waals surface area contributed by atoms with Gasteiger partial charge in [-0.25, -0.2) is 4.79 Å². The lowest BCUT2D eigenvalue weighted by atomic mass is 10.2. The zero-order valence-corrected chi connectivity index (χ0v) is 14.5. The molecule has 1 aromatic carbocycles. The zero-order chi connectivity index (χ0) is 17.9. The molecule has 4 atom stereocenters. The summed E-state index contributed by atoms with van der Waals surface area (Å²) < 4.78 is 22.8. The van der Waals surface area contributed by atoms with Gasteiger partial charge in [0.15, 0.2) is 5.79 Å². The van der Waals surface area contributed by atoms with Crippen LogP contribution in [0.2, 0.25) is 0 Å². The highest BCUT2D eigenvalue weighted by Crippen LogP contribution is 2.39. The number of benzene rings is 1. The van der Waals surface area contributed by atoms with Crippen LogP contribution in [0.5, 0.6) is 0 Å². The smallest absolute Gasteiger partial charge is 0.407 e. The van der Waals surface area contributed by atoms with Gasteiger partial charge in [-0.3, -0.25) is 0 Å². The van der Waals surface area contributed by atoms with Crippen LogP contribution in [0.4, 0.5) is 4.79 Å². The van der Waals surface area contributed by atoms with E-state index in [1.54, 1.807) is 0 Å². The van der Waals surface area contributed by atoms with Crippen LogP contribution in [0, 0.1) is 0 Å². The van der Waals surface area contributed by atoms with Crippen LogP contribution in [-0.2, 0) is 25.6 Å². The van der Waals surface area contributed by atoms with Crippen molar-refractivity contribution in [3.05, 3.63) is 35.9 Å². The van der Waals surface area contributed by atoms with Crippen LogP contribution in [0.3, 0.4) is 0 Å². The predicted molar refractivity (Wildman–Crippen MR) is 88.8 cm³/mol. The number of fused-ring (bicyclic) bond motifs is 1. The maximum absolute atomic E-state index is 12.1. The maximum Gasteiger partial charge on any atom is 0.407 e. The summed E-state index contributed by atoms with van der Waals surface area (Å²) in [6.45, 7) is 4.04. The number of carbonyl (C=O) groups excluding carboxylic acids is 1. The molecule has 3 rings (SSSR count). The maximum atomic E-state index is 12.1. The van der Waals surface area contributed by atoms with Crippen molar-refractivity contribution in [1.82, 2.24) is 5.32 Å². The number of ether oxygens (including phenoxy) is 4. The number of amides is 1. The molecule has 1 saturated carbocycles. The summed E-state index contributed by atoms with van der Waals surface area (Å²) in [5.74, 6) is -0.732. The molecule has 1 aliphatic heterocycles. The number of carbonyl (C=O) groups is 1. The van der Waals surface area contributed by atoms with Crippen molar-refractivity contribution in [2.45, 2.75) is 57.0 Å². The fourth-order valence-electron chi connectivity index (χ4n) is 3.36. The Labute approximate surface area is 147 Å². The van der Waals surface area contributed by atoms with Gasteiger partial charge in [-0.1, -0.05) is 30.3 Å². The molecule has 1 aromatic rings. The van der Waals surface area contributed by atoms with E-state index < -0.39 is 11.9 Å².